The summed E-state index contributed by atoms with van der Waals surface area (Å²) < 4.78 is 24.4. The fourth-order valence-corrected chi connectivity index (χ4v) is 2.40. The van der Waals surface area contributed by atoms with Crippen LogP contribution in [-0.2, 0) is 9.05 Å². The molecule has 0 radical (unpaired) electrons. The van der Waals surface area contributed by atoms with Crippen LogP contribution >= 0.6 is 10.7 Å². The lowest BCUT2D eigenvalue weighted by Gasteiger charge is -2.25. The number of aromatic nitrogens is 1. The Bertz CT molecular complexity index is 603. The van der Waals surface area contributed by atoms with E-state index in [0.717, 1.165) is 6.42 Å². The molecule has 114 valence electrons. The quantitative estimate of drug-likeness (QED) is 0.848. The van der Waals surface area contributed by atoms with Crippen molar-refractivity contribution in [3.63, 3.8) is 0 Å². The second kappa shape index (κ2) is 5.77. The first kappa shape index (κ1) is 17.0. The molecule has 0 saturated carbocycles. The fraction of sp³-hybridized carbons (Fsp3) is 0.615. The van der Waals surface area contributed by atoms with E-state index < -0.39 is 9.05 Å². The summed E-state index contributed by atoms with van der Waals surface area (Å²) in [7, 11) is 1.49. The highest BCUT2D eigenvalue weighted by Crippen LogP contribution is 2.22. The van der Waals surface area contributed by atoms with Gasteiger partial charge >= 0.3 is 0 Å². The number of rotatable bonds is 5. The van der Waals surface area contributed by atoms with Crippen LogP contribution in [0.1, 0.15) is 57.6 Å². The van der Waals surface area contributed by atoms with Crippen LogP contribution in [0.2, 0.25) is 0 Å². The number of halogens is 1. The number of carbonyl (C=O) groups is 1. The van der Waals surface area contributed by atoms with Crippen molar-refractivity contribution in [2.75, 3.05) is 0 Å². The predicted molar refractivity (Wildman–Crippen MR) is 79.7 cm³/mol. The summed E-state index contributed by atoms with van der Waals surface area (Å²) in [5, 5.41) is 2.88. The molecule has 1 aromatic heterocycles. The van der Waals surface area contributed by atoms with Crippen LogP contribution < -0.4 is 5.32 Å². The molecule has 0 atom stereocenters. The van der Waals surface area contributed by atoms with Gasteiger partial charge in [-0.2, -0.15) is 0 Å². The smallest absolute Gasteiger partial charge is 0.268 e. The van der Waals surface area contributed by atoms with Gasteiger partial charge in [0, 0.05) is 28.5 Å². The molecule has 0 fully saturated rings. The maximum absolute atomic E-state index is 12.3. The molecule has 1 rings (SSSR count). The third-order valence-corrected chi connectivity index (χ3v) is 4.55. The van der Waals surface area contributed by atoms with Crippen molar-refractivity contribution in [3.05, 3.63) is 18.0 Å². The summed E-state index contributed by atoms with van der Waals surface area (Å²) in [6, 6.07) is 1.26. The summed E-state index contributed by atoms with van der Waals surface area (Å²) in [6.45, 7) is 9.52. The summed E-state index contributed by atoms with van der Waals surface area (Å²) >= 11 is 0. The van der Waals surface area contributed by atoms with Gasteiger partial charge < -0.3 is 9.88 Å². The number of nitrogens with one attached hydrogen (secondary N) is 1. The average molecular weight is 321 g/mol. The predicted octanol–water partition coefficient (Wildman–Crippen LogP) is 2.91. The summed E-state index contributed by atoms with van der Waals surface area (Å²) in [6.07, 6.45) is 2.16. The topological polar surface area (TPSA) is 68.2 Å². The first-order valence-corrected chi connectivity index (χ1v) is 8.78. The number of hydrogen-bond donors (Lipinski definition) is 1. The maximum Gasteiger partial charge on any atom is 0.268 e. The first-order chi connectivity index (χ1) is 8.98. The van der Waals surface area contributed by atoms with Crippen LogP contribution in [0, 0.1) is 0 Å². The molecule has 0 saturated heterocycles. The van der Waals surface area contributed by atoms with E-state index in [9.17, 15) is 13.2 Å². The Kier molecular flexibility index (Phi) is 4.92. The van der Waals surface area contributed by atoms with Crippen molar-refractivity contribution in [1.82, 2.24) is 9.88 Å². The minimum absolute atomic E-state index is 0.0485. The zero-order valence-corrected chi connectivity index (χ0v) is 14.0. The van der Waals surface area contributed by atoms with Crippen molar-refractivity contribution < 1.29 is 13.2 Å². The molecular formula is C13H21ClN2O3S. The molecule has 0 unspecified atom stereocenters. The Morgan fingerprint density at radius 1 is 1.45 bits per heavy atom. The van der Waals surface area contributed by atoms with Crippen molar-refractivity contribution in [2.45, 2.75) is 57.5 Å². The van der Waals surface area contributed by atoms with Crippen LogP contribution in [0.5, 0.6) is 0 Å². The van der Waals surface area contributed by atoms with Crippen LogP contribution in [0.15, 0.2) is 17.2 Å². The number of amides is 1. The first-order valence-electron chi connectivity index (χ1n) is 6.47. The Labute approximate surface area is 124 Å². The van der Waals surface area contributed by atoms with E-state index in [0.29, 0.717) is 5.69 Å². The van der Waals surface area contributed by atoms with E-state index in [2.05, 4.69) is 5.32 Å². The van der Waals surface area contributed by atoms with Crippen molar-refractivity contribution in [3.8, 4) is 0 Å². The second-order valence-electron chi connectivity index (χ2n) is 5.69. The van der Waals surface area contributed by atoms with Gasteiger partial charge in [0.15, 0.2) is 0 Å². The second-order valence-corrected chi connectivity index (χ2v) is 8.26. The van der Waals surface area contributed by atoms with Crippen molar-refractivity contribution in [1.29, 1.82) is 0 Å². The third kappa shape index (κ3) is 3.99. The number of nitrogens with zero attached hydrogens (tertiary/aromatic N) is 1. The fourth-order valence-electron chi connectivity index (χ4n) is 1.66. The van der Waals surface area contributed by atoms with Crippen LogP contribution in [0.3, 0.4) is 0 Å². The molecule has 1 N–H and O–H groups in total. The van der Waals surface area contributed by atoms with Gasteiger partial charge in [0.25, 0.3) is 15.0 Å². The Morgan fingerprint density at radius 2 is 2.00 bits per heavy atom. The summed E-state index contributed by atoms with van der Waals surface area (Å²) in [5.74, 6) is -0.308. The van der Waals surface area contributed by atoms with Crippen molar-refractivity contribution >= 4 is 25.6 Å². The molecule has 1 heterocycles. The molecule has 0 bridgehead atoms. The Balaban J connectivity index is 3.23. The van der Waals surface area contributed by atoms with Crippen LogP contribution in [0.4, 0.5) is 0 Å². The van der Waals surface area contributed by atoms with Gasteiger partial charge in [0.2, 0.25) is 0 Å². The minimum atomic E-state index is -3.85. The molecule has 0 aromatic carbocycles. The van der Waals surface area contributed by atoms with Gasteiger partial charge in [-0.1, -0.05) is 6.92 Å². The molecule has 7 heteroatoms. The average Bonchev–Trinajstić information content (AvgIpc) is 2.72. The standard InChI is InChI=1S/C13H21ClN2O3S/c1-6-13(4,5)15-12(17)11-7-10(20(14,18)19)8-16(11)9(2)3/h7-9H,6H2,1-5H3,(H,15,17). The SMILES string of the molecule is CCC(C)(C)NC(=O)c1cc(S(=O)(=O)Cl)cn1C(C)C. The van der Waals surface area contributed by atoms with Crippen LogP contribution in [-0.4, -0.2) is 24.4 Å². The van der Waals surface area contributed by atoms with Gasteiger partial charge in [-0.15, -0.1) is 0 Å². The van der Waals surface area contributed by atoms with Crippen molar-refractivity contribution in [2.24, 2.45) is 0 Å². The van der Waals surface area contributed by atoms with Gasteiger partial charge in [-0.3, -0.25) is 4.79 Å². The Morgan fingerprint density at radius 3 is 2.40 bits per heavy atom. The lowest BCUT2D eigenvalue weighted by atomic mass is 10.0. The molecule has 0 aliphatic heterocycles. The highest BCUT2D eigenvalue weighted by molar-refractivity contribution is 8.13. The number of carbonyl (C=O) groups excluding carboxylic acids is 1. The zero-order chi connectivity index (χ0) is 15.7. The third-order valence-electron chi connectivity index (χ3n) is 3.23. The van der Waals surface area contributed by atoms with Gasteiger partial charge in [0.1, 0.15) is 10.6 Å². The van der Waals surface area contributed by atoms with Gasteiger partial charge in [-0.05, 0) is 40.2 Å². The lowest BCUT2D eigenvalue weighted by molar-refractivity contribution is 0.0900. The molecule has 20 heavy (non-hydrogen) atoms. The van der Waals surface area contributed by atoms with E-state index in [4.69, 9.17) is 10.7 Å². The molecule has 0 aliphatic carbocycles. The summed E-state index contributed by atoms with van der Waals surface area (Å²) in [4.78, 5) is 12.3. The van der Waals surface area contributed by atoms with Crippen LogP contribution in [0.25, 0.3) is 0 Å². The van der Waals surface area contributed by atoms with E-state index >= 15 is 0 Å². The largest absolute Gasteiger partial charge is 0.346 e. The van der Waals surface area contributed by atoms with E-state index in [1.165, 1.54) is 12.3 Å². The zero-order valence-electron chi connectivity index (χ0n) is 12.4. The summed E-state index contributed by atoms with van der Waals surface area (Å²) in [5.41, 5.74) is -0.0656. The lowest BCUT2D eigenvalue weighted by Crippen LogP contribution is -2.43. The normalized spacial score (nSPS) is 12.8. The number of hydrogen-bond acceptors (Lipinski definition) is 3. The Hall–Kier alpha value is -1.01. The minimum Gasteiger partial charge on any atom is -0.346 e. The molecule has 1 aromatic rings. The molecule has 0 aliphatic rings. The maximum atomic E-state index is 12.3. The molecule has 5 nitrogen and oxygen atoms in total. The van der Waals surface area contributed by atoms with Gasteiger partial charge in [0.05, 0.1) is 0 Å². The highest BCUT2D eigenvalue weighted by atomic mass is 35.7. The van der Waals surface area contributed by atoms with Gasteiger partial charge in [-0.25, -0.2) is 8.42 Å². The molecular weight excluding hydrogens is 300 g/mol. The molecule has 1 amide bonds. The van der Waals surface area contributed by atoms with E-state index in [1.807, 2.05) is 34.6 Å². The monoisotopic (exact) mass is 320 g/mol. The van der Waals surface area contributed by atoms with E-state index in [-0.39, 0.29) is 22.4 Å². The van der Waals surface area contributed by atoms with E-state index in [1.54, 1.807) is 4.57 Å². The highest BCUT2D eigenvalue weighted by Gasteiger charge is 2.24. The molecule has 0 spiro atoms.